The highest BCUT2D eigenvalue weighted by Crippen LogP contribution is 2.46. The van der Waals surface area contributed by atoms with Crippen molar-refractivity contribution in [2.24, 2.45) is 10.8 Å². The number of carboxylic acid groups (broad SMARTS) is 1. The second-order valence-corrected chi connectivity index (χ2v) is 9.01. The summed E-state index contributed by atoms with van der Waals surface area (Å²) in [5.41, 5.74) is -3.21. The number of hydrogen-bond acceptors (Lipinski definition) is 4. The van der Waals surface area contributed by atoms with Gasteiger partial charge in [-0.2, -0.15) is 13.2 Å². The monoisotopic (exact) mass is 396 g/mol. The summed E-state index contributed by atoms with van der Waals surface area (Å²) >= 11 is 1.36. The minimum atomic E-state index is -4.94. The first-order valence-corrected chi connectivity index (χ1v) is 9.40. The lowest BCUT2D eigenvalue weighted by molar-refractivity contribution is -0.227. The molecule has 148 valence electrons. The highest BCUT2D eigenvalue weighted by molar-refractivity contribution is 7.99. The first-order chi connectivity index (χ1) is 11.8. The van der Waals surface area contributed by atoms with Crippen molar-refractivity contribution >= 4 is 29.5 Å². The van der Waals surface area contributed by atoms with Gasteiger partial charge in [-0.3, -0.25) is 14.4 Å². The van der Waals surface area contributed by atoms with E-state index >= 15 is 0 Å². The average Bonchev–Trinajstić information content (AvgIpc) is 3.12. The lowest BCUT2D eigenvalue weighted by Crippen LogP contribution is -2.52. The third-order valence-corrected chi connectivity index (χ3v) is 5.71. The highest BCUT2D eigenvalue weighted by atomic mass is 32.2. The maximum atomic E-state index is 13.3. The molecule has 2 fully saturated rings. The predicted molar refractivity (Wildman–Crippen MR) is 89.4 cm³/mol. The van der Waals surface area contributed by atoms with Crippen LogP contribution in [0.2, 0.25) is 0 Å². The van der Waals surface area contributed by atoms with Crippen molar-refractivity contribution < 1.29 is 32.7 Å². The molecule has 2 rings (SSSR count). The van der Waals surface area contributed by atoms with E-state index in [1.165, 1.54) is 16.7 Å². The van der Waals surface area contributed by atoms with Crippen molar-refractivity contribution in [2.45, 2.75) is 45.8 Å². The molecule has 2 atom stereocenters. The van der Waals surface area contributed by atoms with E-state index < -0.39 is 42.5 Å². The van der Waals surface area contributed by atoms with Gasteiger partial charge in [-0.25, -0.2) is 0 Å². The summed E-state index contributed by atoms with van der Waals surface area (Å²) in [5, 5.41) is 9.11. The zero-order valence-electron chi connectivity index (χ0n) is 14.9. The van der Waals surface area contributed by atoms with Gasteiger partial charge in [0.15, 0.2) is 5.41 Å². The third kappa shape index (κ3) is 3.94. The van der Waals surface area contributed by atoms with Gasteiger partial charge >= 0.3 is 12.1 Å². The van der Waals surface area contributed by atoms with Crippen LogP contribution in [0, 0.1) is 10.8 Å². The van der Waals surface area contributed by atoms with Crippen LogP contribution in [0.1, 0.15) is 33.6 Å². The Kier molecular flexibility index (Phi) is 5.56. The van der Waals surface area contributed by atoms with E-state index in [-0.39, 0.29) is 24.3 Å². The van der Waals surface area contributed by atoms with Gasteiger partial charge in [-0.15, -0.1) is 11.8 Å². The van der Waals surface area contributed by atoms with Gasteiger partial charge in [0.1, 0.15) is 6.04 Å². The molecule has 0 aromatic carbocycles. The summed E-state index contributed by atoms with van der Waals surface area (Å²) in [7, 11) is 0. The topological polar surface area (TPSA) is 77.9 Å². The number of thioether (sulfide) groups is 1. The van der Waals surface area contributed by atoms with E-state index in [2.05, 4.69) is 0 Å². The maximum Gasteiger partial charge on any atom is 0.406 e. The molecule has 1 N–H and O–H groups in total. The van der Waals surface area contributed by atoms with Crippen LogP contribution in [0.5, 0.6) is 0 Å². The molecule has 0 bridgehead atoms. The number of amides is 2. The number of hydrogen-bond donors (Lipinski definition) is 1. The fourth-order valence-electron chi connectivity index (χ4n) is 3.18. The molecule has 0 aromatic rings. The summed E-state index contributed by atoms with van der Waals surface area (Å²) in [5.74, 6) is -2.19. The zero-order valence-corrected chi connectivity index (χ0v) is 15.7. The summed E-state index contributed by atoms with van der Waals surface area (Å²) in [6, 6.07) is -0.840. The average molecular weight is 396 g/mol. The van der Waals surface area contributed by atoms with Gasteiger partial charge in [0.05, 0.1) is 5.88 Å². The first kappa shape index (κ1) is 20.9. The van der Waals surface area contributed by atoms with Gasteiger partial charge in [0, 0.05) is 25.3 Å². The Morgan fingerprint density at radius 2 is 1.85 bits per heavy atom. The Morgan fingerprint density at radius 3 is 2.31 bits per heavy atom. The van der Waals surface area contributed by atoms with Crippen molar-refractivity contribution in [3.8, 4) is 0 Å². The molecule has 0 aliphatic carbocycles. The van der Waals surface area contributed by atoms with Crippen molar-refractivity contribution in [3.05, 3.63) is 0 Å². The number of carbonyl (C=O) groups is 3. The molecule has 0 radical (unpaired) electrons. The summed E-state index contributed by atoms with van der Waals surface area (Å²) in [6.45, 7) is 4.46. The van der Waals surface area contributed by atoms with Crippen LogP contribution in [-0.4, -0.2) is 69.6 Å². The molecule has 10 heteroatoms. The van der Waals surface area contributed by atoms with E-state index in [0.29, 0.717) is 11.6 Å². The second kappa shape index (κ2) is 6.94. The van der Waals surface area contributed by atoms with Crippen LogP contribution in [0.15, 0.2) is 0 Å². The molecule has 2 aliphatic rings. The number of carbonyl (C=O) groups excluding carboxylic acids is 2. The number of halogens is 3. The van der Waals surface area contributed by atoms with Gasteiger partial charge in [0.2, 0.25) is 11.8 Å². The van der Waals surface area contributed by atoms with Crippen LogP contribution >= 0.6 is 11.8 Å². The number of carboxylic acids is 1. The molecule has 6 nitrogen and oxygen atoms in total. The Bertz CT molecular complexity index is 605. The zero-order chi connectivity index (χ0) is 19.9. The highest BCUT2D eigenvalue weighted by Gasteiger charge is 2.64. The van der Waals surface area contributed by atoms with Gasteiger partial charge in [-0.1, -0.05) is 20.8 Å². The van der Waals surface area contributed by atoms with Crippen molar-refractivity contribution in [3.63, 3.8) is 0 Å². The molecule has 2 heterocycles. The molecule has 26 heavy (non-hydrogen) atoms. The fourth-order valence-corrected chi connectivity index (χ4v) is 4.36. The van der Waals surface area contributed by atoms with E-state index in [1.54, 1.807) is 0 Å². The number of aliphatic carboxylic acids is 1. The summed E-state index contributed by atoms with van der Waals surface area (Å²) in [6.07, 6.45) is -5.40. The van der Waals surface area contributed by atoms with Crippen LogP contribution in [0.25, 0.3) is 0 Å². The minimum Gasteiger partial charge on any atom is -0.481 e. The number of rotatable bonds is 3. The van der Waals surface area contributed by atoms with Crippen molar-refractivity contribution in [1.82, 2.24) is 9.80 Å². The maximum absolute atomic E-state index is 13.3. The lowest BCUT2D eigenvalue weighted by atomic mass is 9.86. The van der Waals surface area contributed by atoms with E-state index in [1.807, 2.05) is 20.8 Å². The number of alkyl halides is 3. The molecule has 0 saturated carbocycles. The fraction of sp³-hybridized carbons (Fsp3) is 0.812. The van der Waals surface area contributed by atoms with Crippen molar-refractivity contribution in [2.75, 3.05) is 24.7 Å². The van der Waals surface area contributed by atoms with Crippen molar-refractivity contribution in [1.29, 1.82) is 0 Å². The summed E-state index contributed by atoms with van der Waals surface area (Å²) < 4.78 is 39.9. The summed E-state index contributed by atoms with van der Waals surface area (Å²) in [4.78, 5) is 38.8. The first-order valence-electron chi connectivity index (χ1n) is 8.25. The molecule has 2 saturated heterocycles. The number of likely N-dealkylation sites (tertiary alicyclic amines) is 1. The number of nitrogens with zero attached hydrogens (tertiary/aromatic N) is 2. The molecule has 0 spiro atoms. The molecule has 2 aliphatic heterocycles. The largest absolute Gasteiger partial charge is 0.481 e. The minimum absolute atomic E-state index is 0.221. The van der Waals surface area contributed by atoms with Crippen LogP contribution in [0.4, 0.5) is 13.2 Å². The lowest BCUT2D eigenvalue weighted by Gasteiger charge is -2.31. The third-order valence-electron chi connectivity index (χ3n) is 4.70. The SMILES string of the molecule is CC(C)(C)CC(=O)N1CSCC1C(=O)N1CCC(C(=O)O)(C(F)(F)F)C1. The molecular weight excluding hydrogens is 373 g/mol. The van der Waals surface area contributed by atoms with Crippen LogP contribution in [-0.2, 0) is 14.4 Å². The van der Waals surface area contributed by atoms with Gasteiger partial charge in [-0.05, 0) is 11.8 Å². The molecular formula is C16H23F3N2O4S. The Hall–Kier alpha value is -1.45. The second-order valence-electron chi connectivity index (χ2n) is 8.01. The predicted octanol–water partition coefficient (Wildman–Crippen LogP) is 2.19. The van der Waals surface area contributed by atoms with Gasteiger partial charge < -0.3 is 14.9 Å². The van der Waals surface area contributed by atoms with Crippen LogP contribution in [0.3, 0.4) is 0 Å². The molecule has 0 aromatic heterocycles. The Balaban J connectivity index is 2.14. The van der Waals surface area contributed by atoms with Crippen LogP contribution < -0.4 is 0 Å². The Morgan fingerprint density at radius 1 is 1.23 bits per heavy atom. The van der Waals surface area contributed by atoms with Gasteiger partial charge in [0.25, 0.3) is 0 Å². The molecule has 2 amide bonds. The standard InChI is InChI=1S/C16H23F3N2O4S/c1-14(2,3)6-11(22)21-9-26-7-10(21)12(23)20-5-4-15(8-20,13(24)25)16(17,18)19/h10H,4-9H2,1-3H3,(H,24,25). The normalized spacial score (nSPS) is 27.1. The van der Waals surface area contributed by atoms with E-state index in [0.717, 1.165) is 4.90 Å². The molecule has 2 unspecified atom stereocenters. The quantitative estimate of drug-likeness (QED) is 0.791. The van der Waals surface area contributed by atoms with E-state index in [4.69, 9.17) is 5.11 Å². The smallest absolute Gasteiger partial charge is 0.406 e. The van der Waals surface area contributed by atoms with E-state index in [9.17, 15) is 27.6 Å². The Labute approximate surface area is 154 Å².